The maximum absolute atomic E-state index is 13.3. The van der Waals surface area contributed by atoms with E-state index < -0.39 is 23.7 Å². The van der Waals surface area contributed by atoms with E-state index in [0.29, 0.717) is 11.4 Å². The van der Waals surface area contributed by atoms with Gasteiger partial charge in [0.05, 0.1) is 17.6 Å². The molecule has 3 rings (SSSR count). The van der Waals surface area contributed by atoms with Gasteiger partial charge in [-0.25, -0.2) is 9.78 Å². The summed E-state index contributed by atoms with van der Waals surface area (Å²) in [5, 5.41) is 4.86. The number of urea groups is 1. The van der Waals surface area contributed by atoms with Crippen molar-refractivity contribution in [2.24, 2.45) is 5.73 Å². The monoisotopic (exact) mass is 403 g/mol. The zero-order valence-corrected chi connectivity index (χ0v) is 15.1. The Bertz CT molecular complexity index is 1080. The number of nitrogens with zero attached hydrogens (tertiary/aromatic N) is 2. The van der Waals surface area contributed by atoms with Crippen LogP contribution in [0.1, 0.15) is 21.6 Å². The summed E-state index contributed by atoms with van der Waals surface area (Å²) < 4.78 is 41.4. The molecule has 7 nitrogen and oxygen atoms in total. The van der Waals surface area contributed by atoms with E-state index in [-0.39, 0.29) is 16.9 Å². The first-order valence-electron chi connectivity index (χ1n) is 8.33. The van der Waals surface area contributed by atoms with Crippen LogP contribution in [0.4, 0.5) is 29.3 Å². The van der Waals surface area contributed by atoms with Gasteiger partial charge in [-0.15, -0.1) is 0 Å². The first-order chi connectivity index (χ1) is 13.6. The number of halogens is 3. The summed E-state index contributed by atoms with van der Waals surface area (Å²) >= 11 is 0. The van der Waals surface area contributed by atoms with E-state index in [9.17, 15) is 22.8 Å². The molecule has 3 amide bonds. The zero-order chi connectivity index (χ0) is 21.2. The predicted molar refractivity (Wildman–Crippen MR) is 101 cm³/mol. The number of amides is 3. The average molecular weight is 403 g/mol. The third-order valence-corrected chi connectivity index (χ3v) is 3.91. The average Bonchev–Trinajstić information content (AvgIpc) is 3.07. The third-order valence-electron chi connectivity index (χ3n) is 3.91. The highest BCUT2D eigenvalue weighted by Crippen LogP contribution is 2.32. The number of alkyl halides is 3. The summed E-state index contributed by atoms with van der Waals surface area (Å²) in [6.45, 7) is 1.70. The predicted octanol–water partition coefficient (Wildman–Crippen LogP) is 3.94. The lowest BCUT2D eigenvalue weighted by molar-refractivity contribution is -0.137. The number of aryl methyl sites for hydroxylation is 1. The molecule has 10 heteroatoms. The van der Waals surface area contributed by atoms with Gasteiger partial charge in [-0.2, -0.15) is 13.2 Å². The van der Waals surface area contributed by atoms with Gasteiger partial charge in [0.15, 0.2) is 0 Å². The van der Waals surface area contributed by atoms with E-state index in [1.54, 1.807) is 25.3 Å². The first-order valence-corrected chi connectivity index (χ1v) is 8.33. The van der Waals surface area contributed by atoms with Crippen molar-refractivity contribution in [1.82, 2.24) is 9.55 Å². The van der Waals surface area contributed by atoms with Gasteiger partial charge in [0, 0.05) is 28.8 Å². The second-order valence-corrected chi connectivity index (χ2v) is 6.21. The summed E-state index contributed by atoms with van der Waals surface area (Å²) in [5.74, 6) is -0.745. The van der Waals surface area contributed by atoms with Crippen LogP contribution >= 0.6 is 0 Å². The topological polar surface area (TPSA) is 102 Å². The quantitative estimate of drug-likeness (QED) is 0.615. The summed E-state index contributed by atoms with van der Waals surface area (Å²) in [5.41, 5.74) is 5.27. The zero-order valence-electron chi connectivity index (χ0n) is 15.1. The molecule has 0 radical (unpaired) electrons. The molecule has 1 heterocycles. The molecule has 0 aliphatic heterocycles. The van der Waals surface area contributed by atoms with Crippen LogP contribution in [-0.2, 0) is 6.18 Å². The van der Waals surface area contributed by atoms with Gasteiger partial charge in [0.2, 0.25) is 0 Å². The van der Waals surface area contributed by atoms with E-state index in [1.165, 1.54) is 29.1 Å². The Morgan fingerprint density at radius 1 is 1.07 bits per heavy atom. The molecule has 4 N–H and O–H groups in total. The lowest BCUT2D eigenvalue weighted by Gasteiger charge is -2.13. The molecule has 29 heavy (non-hydrogen) atoms. The summed E-state index contributed by atoms with van der Waals surface area (Å²) in [6, 6.07) is 8.30. The van der Waals surface area contributed by atoms with Crippen molar-refractivity contribution in [1.29, 1.82) is 0 Å². The molecule has 0 atom stereocenters. The summed E-state index contributed by atoms with van der Waals surface area (Å²) in [6.07, 6.45) is -1.71. The molecule has 3 aromatic rings. The van der Waals surface area contributed by atoms with Gasteiger partial charge in [-0.3, -0.25) is 4.79 Å². The van der Waals surface area contributed by atoms with Gasteiger partial charge in [-0.1, -0.05) is 6.07 Å². The molecule has 0 aliphatic carbocycles. The number of rotatable bonds is 4. The number of hydrogen-bond donors (Lipinski definition) is 3. The normalized spacial score (nSPS) is 11.2. The molecule has 0 aliphatic rings. The highest BCUT2D eigenvalue weighted by molar-refractivity contribution is 6.05. The van der Waals surface area contributed by atoms with Crippen LogP contribution in [0.15, 0.2) is 55.0 Å². The standard InChI is InChI=1S/C19H16F3N5O2/c1-11-9-27(10-24-11)16-6-12(5-13(7-16)19(20,21)22)17(28)25-14-3-2-4-15(8-14)26-18(23)29/h2-10H,1H3,(H,25,28)(H3,23,26,29). The largest absolute Gasteiger partial charge is 0.416 e. The maximum atomic E-state index is 13.3. The molecule has 2 aromatic carbocycles. The van der Waals surface area contributed by atoms with Crippen molar-refractivity contribution < 1.29 is 22.8 Å². The lowest BCUT2D eigenvalue weighted by Crippen LogP contribution is -2.19. The van der Waals surface area contributed by atoms with Crippen molar-refractivity contribution in [3.05, 3.63) is 71.8 Å². The molecule has 1 aromatic heterocycles. The molecule has 0 spiro atoms. The van der Waals surface area contributed by atoms with Crippen LogP contribution in [0.5, 0.6) is 0 Å². The number of benzene rings is 2. The second-order valence-electron chi connectivity index (χ2n) is 6.21. The van der Waals surface area contributed by atoms with Crippen molar-refractivity contribution in [2.75, 3.05) is 10.6 Å². The van der Waals surface area contributed by atoms with Crippen molar-refractivity contribution >= 4 is 23.3 Å². The molecular formula is C19H16F3N5O2. The number of nitrogens with one attached hydrogen (secondary N) is 2. The number of imidazole rings is 1. The molecule has 0 saturated carbocycles. The SMILES string of the molecule is Cc1cn(-c2cc(C(=O)Nc3cccc(NC(N)=O)c3)cc(C(F)(F)F)c2)cn1. The minimum Gasteiger partial charge on any atom is -0.351 e. The minimum absolute atomic E-state index is 0.148. The molecular weight excluding hydrogens is 387 g/mol. The fourth-order valence-electron chi connectivity index (χ4n) is 2.64. The smallest absolute Gasteiger partial charge is 0.351 e. The Hall–Kier alpha value is -3.82. The lowest BCUT2D eigenvalue weighted by atomic mass is 10.1. The minimum atomic E-state index is -4.63. The summed E-state index contributed by atoms with van der Waals surface area (Å²) in [7, 11) is 0. The van der Waals surface area contributed by atoms with Gasteiger partial charge in [0.1, 0.15) is 0 Å². The third kappa shape index (κ3) is 4.92. The van der Waals surface area contributed by atoms with E-state index in [1.807, 2.05) is 0 Å². The van der Waals surface area contributed by atoms with Crippen LogP contribution in [0.2, 0.25) is 0 Å². The van der Waals surface area contributed by atoms with Crippen LogP contribution < -0.4 is 16.4 Å². The fraction of sp³-hybridized carbons (Fsp3) is 0.105. The van der Waals surface area contributed by atoms with Gasteiger partial charge < -0.3 is 20.9 Å². The first kappa shape index (κ1) is 19.9. The van der Waals surface area contributed by atoms with E-state index in [4.69, 9.17) is 5.73 Å². The van der Waals surface area contributed by atoms with Crippen LogP contribution in [0.25, 0.3) is 5.69 Å². The Kier molecular flexibility index (Phi) is 5.26. The number of carbonyl (C=O) groups excluding carboxylic acids is 2. The Morgan fingerprint density at radius 2 is 1.76 bits per heavy atom. The van der Waals surface area contributed by atoms with Gasteiger partial charge in [-0.05, 0) is 43.3 Å². The Morgan fingerprint density at radius 3 is 2.34 bits per heavy atom. The number of nitrogens with two attached hydrogens (primary N) is 1. The fourth-order valence-corrected chi connectivity index (χ4v) is 2.64. The molecule has 0 bridgehead atoms. The van der Waals surface area contributed by atoms with Gasteiger partial charge >= 0.3 is 12.2 Å². The van der Waals surface area contributed by atoms with Crippen LogP contribution in [0, 0.1) is 6.92 Å². The number of carbonyl (C=O) groups is 2. The number of anilines is 2. The Balaban J connectivity index is 1.94. The van der Waals surface area contributed by atoms with E-state index >= 15 is 0 Å². The number of aromatic nitrogens is 2. The molecule has 0 fully saturated rings. The second kappa shape index (κ2) is 7.66. The van der Waals surface area contributed by atoms with Gasteiger partial charge in [0.25, 0.3) is 5.91 Å². The highest BCUT2D eigenvalue weighted by Gasteiger charge is 2.32. The number of primary amides is 1. The highest BCUT2D eigenvalue weighted by atomic mass is 19.4. The van der Waals surface area contributed by atoms with Crippen molar-refractivity contribution in [3.63, 3.8) is 0 Å². The molecule has 150 valence electrons. The van der Waals surface area contributed by atoms with Crippen molar-refractivity contribution in [3.8, 4) is 5.69 Å². The van der Waals surface area contributed by atoms with E-state index in [0.717, 1.165) is 12.1 Å². The number of hydrogen-bond acceptors (Lipinski definition) is 3. The van der Waals surface area contributed by atoms with Crippen molar-refractivity contribution in [2.45, 2.75) is 13.1 Å². The maximum Gasteiger partial charge on any atom is 0.416 e. The molecule has 0 unspecified atom stereocenters. The van der Waals surface area contributed by atoms with Crippen LogP contribution in [0.3, 0.4) is 0 Å². The Labute approximate surface area is 163 Å². The van der Waals surface area contributed by atoms with Crippen LogP contribution in [-0.4, -0.2) is 21.5 Å². The molecule has 0 saturated heterocycles. The summed E-state index contributed by atoms with van der Waals surface area (Å²) in [4.78, 5) is 27.5. The van der Waals surface area contributed by atoms with E-state index in [2.05, 4.69) is 15.6 Å².